The van der Waals surface area contributed by atoms with Gasteiger partial charge < -0.3 is 23.7 Å². The van der Waals surface area contributed by atoms with Gasteiger partial charge >= 0.3 is 0 Å². The Bertz CT molecular complexity index is 1290. The first-order valence-corrected chi connectivity index (χ1v) is 16.2. The number of rotatable bonds is 11. The van der Waals surface area contributed by atoms with Gasteiger partial charge in [-0.25, -0.2) is 0 Å². The maximum atomic E-state index is 11.4. The van der Waals surface area contributed by atoms with E-state index in [2.05, 4.69) is 69.3 Å². The first-order chi connectivity index (χ1) is 19.9. The van der Waals surface area contributed by atoms with Crippen LogP contribution in [-0.4, -0.2) is 44.6 Å². The molecule has 0 radical (unpaired) electrons. The Morgan fingerprint density at radius 3 is 1.61 bits per heavy atom. The van der Waals surface area contributed by atoms with Crippen molar-refractivity contribution in [3.05, 3.63) is 132 Å². The van der Waals surface area contributed by atoms with Crippen LogP contribution >= 0.6 is 0 Å². The highest BCUT2D eigenvalue weighted by molar-refractivity contribution is 6.99. The van der Waals surface area contributed by atoms with Crippen LogP contribution in [0.25, 0.3) is 0 Å². The van der Waals surface area contributed by atoms with E-state index in [1.165, 1.54) is 0 Å². The second-order valence-corrected chi connectivity index (χ2v) is 15.8. The normalized spacial score (nSPS) is 21.2. The van der Waals surface area contributed by atoms with Crippen molar-refractivity contribution >= 4 is 18.7 Å². The molecule has 1 heterocycles. The Labute approximate surface area is 244 Å². The van der Waals surface area contributed by atoms with Crippen LogP contribution in [0.1, 0.15) is 31.9 Å². The van der Waals surface area contributed by atoms with Crippen LogP contribution in [0.2, 0.25) is 5.04 Å². The molecule has 0 amide bonds. The van der Waals surface area contributed by atoms with Crippen molar-refractivity contribution in [2.24, 2.45) is 0 Å². The van der Waals surface area contributed by atoms with Crippen molar-refractivity contribution in [3.8, 4) is 0 Å². The average Bonchev–Trinajstić information content (AvgIpc) is 3.29. The van der Waals surface area contributed by atoms with Gasteiger partial charge in [0.25, 0.3) is 8.32 Å². The highest BCUT2D eigenvalue weighted by Crippen LogP contribution is 2.40. The van der Waals surface area contributed by atoms with Gasteiger partial charge in [-0.2, -0.15) is 0 Å². The number of hydrogen-bond acceptors (Lipinski definition) is 5. The van der Waals surface area contributed by atoms with Gasteiger partial charge in [0.1, 0.15) is 18.3 Å². The molecule has 0 bridgehead atoms. The highest BCUT2D eigenvalue weighted by Gasteiger charge is 2.56. The summed E-state index contributed by atoms with van der Waals surface area (Å²) in [6.45, 7) is 7.76. The molecule has 1 fully saturated rings. The largest absolute Gasteiger partial charge is 0.396 e. The van der Waals surface area contributed by atoms with E-state index in [0.29, 0.717) is 13.2 Å². The van der Waals surface area contributed by atoms with Crippen LogP contribution in [0.3, 0.4) is 0 Å². The predicted molar refractivity (Wildman–Crippen MR) is 164 cm³/mol. The summed E-state index contributed by atoms with van der Waals surface area (Å²) in [5, 5.41) is 13.4. The minimum absolute atomic E-state index is 0.263. The average molecular weight is 569 g/mol. The van der Waals surface area contributed by atoms with E-state index in [0.717, 1.165) is 21.5 Å². The molecule has 0 aliphatic carbocycles. The molecule has 1 saturated heterocycles. The number of ether oxygens (including phenoxy) is 3. The van der Waals surface area contributed by atoms with Gasteiger partial charge in [-0.15, -0.1) is 0 Å². The van der Waals surface area contributed by atoms with Gasteiger partial charge in [0.05, 0.1) is 19.8 Å². The Morgan fingerprint density at radius 1 is 0.659 bits per heavy atom. The Morgan fingerprint density at radius 2 is 1.12 bits per heavy atom. The fourth-order valence-corrected chi connectivity index (χ4v) is 10.4. The third kappa shape index (κ3) is 6.70. The fraction of sp³-hybridized carbons (Fsp3) is 0.314. The van der Waals surface area contributed by atoms with E-state index in [1.54, 1.807) is 0 Å². The number of aliphatic hydroxyl groups is 1. The van der Waals surface area contributed by atoms with Gasteiger partial charge in [-0.1, -0.05) is 142 Å². The summed E-state index contributed by atoms with van der Waals surface area (Å²) >= 11 is 0. The van der Waals surface area contributed by atoms with Crippen LogP contribution in [0, 0.1) is 0 Å². The lowest BCUT2D eigenvalue weighted by molar-refractivity contribution is -0.135. The third-order valence-electron chi connectivity index (χ3n) is 7.69. The van der Waals surface area contributed by atoms with Crippen LogP contribution in [0.4, 0.5) is 0 Å². The monoisotopic (exact) mass is 568 g/mol. The van der Waals surface area contributed by atoms with Gasteiger partial charge in [-0.3, -0.25) is 0 Å². The summed E-state index contributed by atoms with van der Waals surface area (Å²) in [7, 11) is -2.98. The summed E-state index contributed by atoms with van der Waals surface area (Å²) in [4.78, 5) is 0. The molecule has 0 aromatic heterocycles. The van der Waals surface area contributed by atoms with Crippen molar-refractivity contribution in [2.75, 3.05) is 6.61 Å². The predicted octanol–water partition coefficient (Wildman–Crippen LogP) is 5.45. The number of benzene rings is 4. The Hall–Kier alpha value is -3.10. The van der Waals surface area contributed by atoms with Crippen LogP contribution in [0.5, 0.6) is 0 Å². The molecule has 0 saturated carbocycles. The summed E-state index contributed by atoms with van der Waals surface area (Å²) in [5.74, 6) is 0. The molecular formula is C35H40O5Si. The lowest BCUT2D eigenvalue weighted by Gasteiger charge is -2.45. The quantitative estimate of drug-likeness (QED) is 0.244. The van der Waals surface area contributed by atoms with E-state index >= 15 is 0 Å². The first-order valence-electron chi connectivity index (χ1n) is 14.3. The minimum atomic E-state index is -2.98. The molecule has 1 aliphatic heterocycles. The van der Waals surface area contributed by atoms with E-state index in [9.17, 15) is 5.11 Å². The number of hydrogen-bond donors (Lipinski definition) is 1. The summed E-state index contributed by atoms with van der Waals surface area (Å²) in [6.07, 6.45) is -2.92. The molecule has 6 heteroatoms. The maximum absolute atomic E-state index is 11.4. The Kier molecular flexibility index (Phi) is 9.50. The van der Waals surface area contributed by atoms with Crippen molar-refractivity contribution < 1.29 is 23.7 Å². The molecule has 0 spiro atoms. The van der Waals surface area contributed by atoms with E-state index in [1.807, 2.05) is 72.8 Å². The molecular weight excluding hydrogens is 528 g/mol. The van der Waals surface area contributed by atoms with E-state index < -0.39 is 32.9 Å². The molecule has 5 rings (SSSR count). The van der Waals surface area contributed by atoms with Crippen LogP contribution < -0.4 is 10.4 Å². The molecule has 41 heavy (non-hydrogen) atoms. The third-order valence-corrected chi connectivity index (χ3v) is 12.7. The first kappa shape index (κ1) is 29.4. The second-order valence-electron chi connectivity index (χ2n) is 11.6. The topological polar surface area (TPSA) is 57.2 Å². The van der Waals surface area contributed by atoms with Gasteiger partial charge in [-0.05, 0) is 26.5 Å². The van der Waals surface area contributed by atoms with Crippen molar-refractivity contribution in [2.45, 2.75) is 63.6 Å². The summed E-state index contributed by atoms with van der Waals surface area (Å²) < 4.78 is 26.1. The maximum Gasteiger partial charge on any atom is 0.261 e. The van der Waals surface area contributed by atoms with E-state index in [-0.39, 0.29) is 11.6 Å². The zero-order valence-electron chi connectivity index (χ0n) is 24.1. The van der Waals surface area contributed by atoms with E-state index in [4.69, 9.17) is 18.6 Å². The van der Waals surface area contributed by atoms with Crippen LogP contribution in [-0.2, 0) is 31.9 Å². The van der Waals surface area contributed by atoms with Crippen LogP contribution in [0.15, 0.2) is 121 Å². The van der Waals surface area contributed by atoms with Gasteiger partial charge in [0.15, 0.2) is 6.29 Å². The Balaban J connectivity index is 1.48. The molecule has 214 valence electrons. The lowest BCUT2D eigenvalue weighted by atomic mass is 10.1. The molecule has 1 aliphatic rings. The smallest absolute Gasteiger partial charge is 0.261 e. The summed E-state index contributed by atoms with van der Waals surface area (Å²) in [5.41, 5.74) is 2.12. The zero-order chi connectivity index (χ0) is 28.7. The second kappa shape index (κ2) is 13.3. The van der Waals surface area contributed by atoms with Crippen molar-refractivity contribution in [1.29, 1.82) is 0 Å². The number of aliphatic hydroxyl groups excluding tert-OH is 1. The van der Waals surface area contributed by atoms with Gasteiger partial charge in [0.2, 0.25) is 0 Å². The molecule has 4 atom stereocenters. The lowest BCUT2D eigenvalue weighted by Crippen LogP contribution is -2.69. The van der Waals surface area contributed by atoms with Crippen molar-refractivity contribution in [3.63, 3.8) is 0 Å². The fourth-order valence-electron chi connectivity index (χ4n) is 5.70. The molecule has 1 N–H and O–H groups in total. The van der Waals surface area contributed by atoms with Gasteiger partial charge in [0, 0.05) is 0 Å². The zero-order valence-corrected chi connectivity index (χ0v) is 25.1. The molecule has 4 aromatic carbocycles. The molecule has 1 unspecified atom stereocenters. The highest BCUT2D eigenvalue weighted by atomic mass is 28.4. The molecule has 5 nitrogen and oxygen atoms in total. The van der Waals surface area contributed by atoms with Crippen molar-refractivity contribution in [1.82, 2.24) is 0 Å². The standard InChI is InChI=1S/C35H40O5Si/c1-35(2,3)41(29-20-12-6-13-21-29,30-22-14-7-15-23-30)40-33-32(38-25-28-18-10-5-11-19-28)31(39-34(33)36)26-37-24-27-16-8-4-9-17-27/h4-23,31-34,36H,24-26H2,1-3H3/t31-,32+,33-,34?/m1/s1. The SMILES string of the molecule is CC(C)(C)[Si](O[C@H]1C(O)O[C@H](COCc2ccccc2)[C@@H]1OCc1ccccc1)(c1ccccc1)c1ccccc1. The molecule has 4 aromatic rings. The summed E-state index contributed by atoms with van der Waals surface area (Å²) in [6, 6.07) is 40.9. The minimum Gasteiger partial charge on any atom is -0.396 e.